The van der Waals surface area contributed by atoms with E-state index >= 15 is 0 Å². The second-order valence-corrected chi connectivity index (χ2v) is 5.47. The summed E-state index contributed by atoms with van der Waals surface area (Å²) in [7, 11) is 0. The maximum atomic E-state index is 11.1. The molecule has 1 saturated carbocycles. The first-order valence-corrected chi connectivity index (χ1v) is 7.19. The molecule has 1 aliphatic rings. The molecule has 21 heavy (non-hydrogen) atoms. The monoisotopic (exact) mass is 286 g/mol. The lowest BCUT2D eigenvalue weighted by atomic mass is 10.0. The van der Waals surface area contributed by atoms with E-state index in [1.807, 2.05) is 0 Å². The van der Waals surface area contributed by atoms with E-state index in [4.69, 9.17) is 5.73 Å². The summed E-state index contributed by atoms with van der Waals surface area (Å²) in [6.07, 6.45) is 5.03. The van der Waals surface area contributed by atoms with Gasteiger partial charge in [0.05, 0.1) is 16.0 Å². The van der Waals surface area contributed by atoms with Gasteiger partial charge in [-0.2, -0.15) is 0 Å². The number of non-ortho nitro benzene ring substituents is 1. The van der Waals surface area contributed by atoms with Gasteiger partial charge in [-0.15, -0.1) is 0 Å². The third kappa shape index (κ3) is 2.54. The van der Waals surface area contributed by atoms with Gasteiger partial charge < -0.3 is 11.1 Å². The summed E-state index contributed by atoms with van der Waals surface area (Å²) < 4.78 is 0. The van der Waals surface area contributed by atoms with Crippen LogP contribution in [-0.2, 0) is 0 Å². The second-order valence-electron chi connectivity index (χ2n) is 5.47. The maximum Gasteiger partial charge on any atom is 0.278 e. The number of nitro groups is 1. The van der Waals surface area contributed by atoms with Gasteiger partial charge in [0.25, 0.3) is 5.69 Å². The lowest BCUT2D eigenvalue weighted by Crippen LogP contribution is -2.29. The summed E-state index contributed by atoms with van der Waals surface area (Å²) in [5.74, 6) is 0.457. The molecule has 2 aromatic rings. The van der Waals surface area contributed by atoms with Crippen LogP contribution in [0.1, 0.15) is 19.3 Å². The van der Waals surface area contributed by atoms with Gasteiger partial charge in [-0.1, -0.05) is 6.42 Å². The van der Waals surface area contributed by atoms with Crippen LogP contribution in [0.5, 0.6) is 0 Å². The zero-order chi connectivity index (χ0) is 14.8. The Kier molecular flexibility index (Phi) is 3.70. The van der Waals surface area contributed by atoms with Crippen molar-refractivity contribution in [2.45, 2.75) is 25.3 Å². The highest BCUT2D eigenvalue weighted by Crippen LogP contribution is 2.33. The van der Waals surface area contributed by atoms with Crippen molar-refractivity contribution >= 4 is 22.3 Å². The van der Waals surface area contributed by atoms with Crippen molar-refractivity contribution in [1.29, 1.82) is 0 Å². The van der Waals surface area contributed by atoms with Crippen molar-refractivity contribution in [2.75, 3.05) is 11.9 Å². The van der Waals surface area contributed by atoms with Crippen LogP contribution in [-0.4, -0.2) is 22.5 Å². The molecule has 0 spiro atoms. The molecule has 0 bridgehead atoms. The number of nitrogens with two attached hydrogens (primary N) is 1. The van der Waals surface area contributed by atoms with Gasteiger partial charge in [0.2, 0.25) is 0 Å². The number of fused-ring (bicyclic) bond motifs is 1. The van der Waals surface area contributed by atoms with Crippen LogP contribution in [0.2, 0.25) is 0 Å². The van der Waals surface area contributed by atoms with E-state index in [1.54, 1.807) is 30.5 Å². The van der Waals surface area contributed by atoms with Gasteiger partial charge in [0.15, 0.2) is 0 Å². The molecule has 2 atom stereocenters. The fourth-order valence-corrected chi connectivity index (χ4v) is 3.14. The molecule has 3 N–H and O–H groups in total. The molecule has 6 heteroatoms. The van der Waals surface area contributed by atoms with E-state index in [9.17, 15) is 10.1 Å². The smallest absolute Gasteiger partial charge is 0.278 e. The number of hydrogen-bond acceptors (Lipinski definition) is 5. The Bertz CT molecular complexity index is 674. The first-order chi connectivity index (χ1) is 10.2. The Morgan fingerprint density at radius 3 is 3.00 bits per heavy atom. The van der Waals surface area contributed by atoms with Gasteiger partial charge >= 0.3 is 0 Å². The van der Waals surface area contributed by atoms with Gasteiger partial charge in [0.1, 0.15) is 5.52 Å². The minimum atomic E-state index is -0.369. The summed E-state index contributed by atoms with van der Waals surface area (Å²) in [6, 6.07) is 7.07. The number of nitrogens with zero attached hydrogens (tertiary/aromatic N) is 2. The van der Waals surface area contributed by atoms with Crippen LogP contribution in [0.4, 0.5) is 11.4 Å². The zero-order valence-electron chi connectivity index (χ0n) is 11.7. The highest BCUT2D eigenvalue weighted by Gasteiger charge is 2.27. The predicted octanol–water partition coefficient (Wildman–Crippen LogP) is 2.68. The van der Waals surface area contributed by atoms with Gasteiger partial charge in [0, 0.05) is 18.3 Å². The van der Waals surface area contributed by atoms with Crippen LogP contribution in [0.25, 0.3) is 10.9 Å². The first-order valence-electron chi connectivity index (χ1n) is 7.19. The molecule has 1 aromatic heterocycles. The summed E-state index contributed by atoms with van der Waals surface area (Å²) in [5, 5.41) is 15.2. The van der Waals surface area contributed by atoms with Crippen molar-refractivity contribution in [3.8, 4) is 0 Å². The zero-order valence-corrected chi connectivity index (χ0v) is 11.7. The van der Waals surface area contributed by atoms with E-state index in [-0.39, 0.29) is 10.6 Å². The summed E-state index contributed by atoms with van der Waals surface area (Å²) >= 11 is 0. The Morgan fingerprint density at radius 2 is 2.24 bits per heavy atom. The fraction of sp³-hybridized carbons (Fsp3) is 0.400. The van der Waals surface area contributed by atoms with Crippen LogP contribution < -0.4 is 11.1 Å². The summed E-state index contributed by atoms with van der Waals surface area (Å²) in [4.78, 5) is 15.1. The largest absolute Gasteiger partial charge is 0.380 e. The van der Waals surface area contributed by atoms with E-state index in [0.717, 1.165) is 24.9 Å². The Balaban J connectivity index is 2.00. The minimum absolute atomic E-state index is 0.0884. The first kappa shape index (κ1) is 13.8. The molecular weight excluding hydrogens is 268 g/mol. The SMILES string of the molecule is NCC1CCCC1Nc1ccc([N+](=O)[O-])c2cccnc12. The van der Waals surface area contributed by atoms with Crippen molar-refractivity contribution in [3.05, 3.63) is 40.6 Å². The normalized spacial score (nSPS) is 21.6. The minimum Gasteiger partial charge on any atom is -0.380 e. The lowest BCUT2D eigenvalue weighted by Gasteiger charge is -2.21. The Morgan fingerprint density at radius 1 is 1.38 bits per heavy atom. The van der Waals surface area contributed by atoms with Crippen LogP contribution in [0, 0.1) is 16.0 Å². The van der Waals surface area contributed by atoms with Crippen molar-refractivity contribution < 1.29 is 4.92 Å². The Hall–Kier alpha value is -2.21. The average Bonchev–Trinajstić information content (AvgIpc) is 2.94. The molecule has 6 nitrogen and oxygen atoms in total. The number of rotatable bonds is 4. The molecule has 0 radical (unpaired) electrons. The van der Waals surface area contributed by atoms with Crippen LogP contribution in [0.15, 0.2) is 30.5 Å². The summed E-state index contributed by atoms with van der Waals surface area (Å²) in [5.41, 5.74) is 7.39. The van der Waals surface area contributed by atoms with Gasteiger partial charge in [-0.05, 0) is 43.5 Å². The second kappa shape index (κ2) is 5.65. The van der Waals surface area contributed by atoms with Crippen LogP contribution >= 0.6 is 0 Å². The topological polar surface area (TPSA) is 94.1 Å². The molecule has 1 aromatic carbocycles. The third-order valence-corrected chi connectivity index (χ3v) is 4.25. The van der Waals surface area contributed by atoms with E-state index < -0.39 is 0 Å². The molecule has 0 aliphatic heterocycles. The van der Waals surface area contributed by atoms with Crippen molar-refractivity contribution in [2.24, 2.45) is 11.7 Å². The number of nitrogens with one attached hydrogen (secondary N) is 1. The molecule has 1 fully saturated rings. The van der Waals surface area contributed by atoms with Crippen molar-refractivity contribution in [3.63, 3.8) is 0 Å². The molecular formula is C15H18N4O2. The number of anilines is 1. The van der Waals surface area contributed by atoms with Crippen molar-refractivity contribution in [1.82, 2.24) is 4.98 Å². The molecule has 1 heterocycles. The molecule has 0 amide bonds. The number of pyridine rings is 1. The van der Waals surface area contributed by atoms with E-state index in [1.165, 1.54) is 0 Å². The number of nitro benzene ring substituents is 1. The maximum absolute atomic E-state index is 11.1. The quantitative estimate of drug-likeness (QED) is 0.665. The lowest BCUT2D eigenvalue weighted by molar-refractivity contribution is -0.383. The molecule has 110 valence electrons. The summed E-state index contributed by atoms with van der Waals surface area (Å²) in [6.45, 7) is 0.663. The number of hydrogen-bond donors (Lipinski definition) is 2. The highest BCUT2D eigenvalue weighted by atomic mass is 16.6. The number of benzene rings is 1. The predicted molar refractivity (Wildman–Crippen MR) is 82.2 cm³/mol. The average molecular weight is 286 g/mol. The Labute approximate surface area is 122 Å². The molecule has 2 unspecified atom stereocenters. The van der Waals surface area contributed by atoms with Crippen LogP contribution in [0.3, 0.4) is 0 Å². The van der Waals surface area contributed by atoms with E-state index in [0.29, 0.717) is 29.4 Å². The molecule has 1 aliphatic carbocycles. The number of aromatic nitrogens is 1. The molecule has 3 rings (SSSR count). The van der Waals surface area contributed by atoms with E-state index in [2.05, 4.69) is 10.3 Å². The van der Waals surface area contributed by atoms with Gasteiger partial charge in [-0.25, -0.2) is 0 Å². The fourth-order valence-electron chi connectivity index (χ4n) is 3.14. The third-order valence-electron chi connectivity index (χ3n) is 4.25. The highest BCUT2D eigenvalue weighted by molar-refractivity contribution is 5.96. The van der Waals surface area contributed by atoms with Gasteiger partial charge in [-0.3, -0.25) is 15.1 Å². The molecule has 0 saturated heterocycles. The standard InChI is InChI=1S/C15H18N4O2/c16-9-10-3-1-5-12(10)18-13-6-7-14(19(20)21)11-4-2-8-17-15(11)13/h2,4,6-8,10,12,18H,1,3,5,9,16H2.